The van der Waals surface area contributed by atoms with Crippen LogP contribution in [0, 0.1) is 5.82 Å². The molecule has 0 fully saturated rings. The van der Waals surface area contributed by atoms with Crippen LogP contribution in [-0.4, -0.2) is 5.91 Å². The van der Waals surface area contributed by atoms with Crippen molar-refractivity contribution in [2.24, 2.45) is 0 Å². The van der Waals surface area contributed by atoms with Crippen LogP contribution in [0.3, 0.4) is 0 Å². The minimum absolute atomic E-state index is 0.184. The van der Waals surface area contributed by atoms with Crippen LogP contribution in [0.4, 0.5) is 15.8 Å². The lowest BCUT2D eigenvalue weighted by molar-refractivity contribution is -0.116. The van der Waals surface area contributed by atoms with Gasteiger partial charge in [-0.2, -0.15) is 0 Å². The topological polar surface area (TPSA) is 41.1 Å². The molecule has 19 heavy (non-hydrogen) atoms. The molecule has 0 saturated carbocycles. The second kappa shape index (κ2) is 4.66. The number of rotatable bonds is 2. The highest BCUT2D eigenvalue weighted by molar-refractivity contribution is 9.10. The number of halogens is 2. The van der Waals surface area contributed by atoms with Gasteiger partial charge in [0.15, 0.2) is 0 Å². The van der Waals surface area contributed by atoms with Crippen molar-refractivity contribution in [3.05, 3.63) is 58.3 Å². The first-order valence-electron chi connectivity index (χ1n) is 5.76. The van der Waals surface area contributed by atoms with Crippen LogP contribution in [0.15, 0.2) is 46.9 Å². The maximum Gasteiger partial charge on any atom is 0.251 e. The zero-order valence-electron chi connectivity index (χ0n) is 9.78. The maximum absolute atomic E-state index is 13.1. The number of para-hydroxylation sites is 1. The number of carbonyl (C=O) groups is 1. The lowest BCUT2D eigenvalue weighted by Gasteiger charge is -2.14. The van der Waals surface area contributed by atoms with Crippen molar-refractivity contribution in [3.8, 4) is 0 Å². The van der Waals surface area contributed by atoms with Crippen LogP contribution in [0.5, 0.6) is 0 Å². The van der Waals surface area contributed by atoms with Gasteiger partial charge in [-0.25, -0.2) is 4.39 Å². The molecule has 2 aromatic rings. The highest BCUT2D eigenvalue weighted by atomic mass is 79.9. The van der Waals surface area contributed by atoms with Crippen molar-refractivity contribution in [2.75, 3.05) is 10.6 Å². The van der Waals surface area contributed by atoms with E-state index < -0.39 is 6.04 Å². The minimum Gasteiger partial charge on any atom is -0.369 e. The largest absolute Gasteiger partial charge is 0.369 e. The summed E-state index contributed by atoms with van der Waals surface area (Å²) in [5, 5.41) is 5.82. The number of hydrogen-bond donors (Lipinski definition) is 2. The third kappa shape index (κ3) is 2.21. The Morgan fingerprint density at radius 2 is 2.00 bits per heavy atom. The number of anilines is 2. The Kier molecular flexibility index (Phi) is 2.98. The molecule has 2 aromatic carbocycles. The summed E-state index contributed by atoms with van der Waals surface area (Å²) in [6.45, 7) is 0. The van der Waals surface area contributed by atoms with Gasteiger partial charge in [-0.1, -0.05) is 18.2 Å². The summed E-state index contributed by atoms with van der Waals surface area (Å²) in [6, 6.07) is 11.3. The summed E-state index contributed by atoms with van der Waals surface area (Å²) in [6.07, 6.45) is 0. The second-order valence-electron chi connectivity index (χ2n) is 4.28. The molecule has 0 bridgehead atoms. The van der Waals surface area contributed by atoms with Gasteiger partial charge < -0.3 is 10.6 Å². The van der Waals surface area contributed by atoms with E-state index in [1.165, 1.54) is 12.1 Å². The average molecular weight is 321 g/mol. The van der Waals surface area contributed by atoms with Gasteiger partial charge >= 0.3 is 0 Å². The predicted octanol–water partition coefficient (Wildman–Crippen LogP) is 3.69. The van der Waals surface area contributed by atoms with Crippen LogP contribution >= 0.6 is 15.9 Å². The van der Waals surface area contributed by atoms with E-state index in [4.69, 9.17) is 0 Å². The van der Waals surface area contributed by atoms with Crippen molar-refractivity contribution < 1.29 is 9.18 Å². The van der Waals surface area contributed by atoms with E-state index in [2.05, 4.69) is 26.6 Å². The molecule has 0 spiro atoms. The molecule has 2 N–H and O–H groups in total. The molecule has 0 saturated heterocycles. The Balaban J connectivity index is 1.95. The fourth-order valence-corrected chi connectivity index (χ4v) is 2.51. The van der Waals surface area contributed by atoms with Crippen LogP contribution in [0.25, 0.3) is 0 Å². The predicted molar refractivity (Wildman–Crippen MR) is 75.5 cm³/mol. The highest BCUT2D eigenvalue weighted by Gasteiger charge is 2.30. The van der Waals surface area contributed by atoms with Gasteiger partial charge in [0.05, 0.1) is 0 Å². The van der Waals surface area contributed by atoms with Gasteiger partial charge in [0, 0.05) is 21.4 Å². The molecule has 1 heterocycles. The van der Waals surface area contributed by atoms with E-state index in [1.54, 1.807) is 6.07 Å². The summed E-state index contributed by atoms with van der Waals surface area (Å²) in [4.78, 5) is 11.9. The standard InChI is InChI=1S/C14H10BrFN2O/c15-10-3-1-2-4-11(10)17-13-9-6-5-8(16)7-12(9)18-14(13)19/h1-7,13,17H,(H,18,19). The number of hydrogen-bond acceptors (Lipinski definition) is 2. The normalized spacial score (nSPS) is 16.9. The van der Waals surface area contributed by atoms with Gasteiger partial charge in [0.1, 0.15) is 11.9 Å². The first-order valence-corrected chi connectivity index (χ1v) is 6.56. The molecule has 0 aliphatic carbocycles. The smallest absolute Gasteiger partial charge is 0.251 e. The molecular weight excluding hydrogens is 311 g/mol. The molecule has 0 radical (unpaired) electrons. The van der Waals surface area contributed by atoms with Gasteiger partial charge in [-0.3, -0.25) is 4.79 Å². The van der Waals surface area contributed by atoms with Crippen molar-refractivity contribution in [1.29, 1.82) is 0 Å². The van der Waals surface area contributed by atoms with Crippen LogP contribution < -0.4 is 10.6 Å². The lowest BCUT2D eigenvalue weighted by Crippen LogP contribution is -2.19. The van der Waals surface area contributed by atoms with Gasteiger partial charge in [-0.05, 0) is 40.2 Å². The van der Waals surface area contributed by atoms with Crippen LogP contribution in [0.2, 0.25) is 0 Å². The highest BCUT2D eigenvalue weighted by Crippen LogP contribution is 2.35. The molecule has 1 aliphatic heterocycles. The summed E-state index contributed by atoms with van der Waals surface area (Å²) in [7, 11) is 0. The molecule has 3 rings (SSSR count). The summed E-state index contributed by atoms with van der Waals surface area (Å²) < 4.78 is 14.0. The minimum atomic E-state index is -0.505. The van der Waals surface area contributed by atoms with Gasteiger partial charge in [0.2, 0.25) is 0 Å². The molecule has 1 atom stereocenters. The quantitative estimate of drug-likeness (QED) is 0.886. The van der Waals surface area contributed by atoms with Crippen LogP contribution in [-0.2, 0) is 4.79 Å². The zero-order chi connectivity index (χ0) is 13.4. The van der Waals surface area contributed by atoms with E-state index in [-0.39, 0.29) is 11.7 Å². The zero-order valence-corrected chi connectivity index (χ0v) is 11.4. The SMILES string of the molecule is O=C1Nc2cc(F)ccc2C1Nc1ccccc1Br. The first kappa shape index (κ1) is 12.2. The third-order valence-corrected chi connectivity index (χ3v) is 3.71. The van der Waals surface area contributed by atoms with E-state index in [0.29, 0.717) is 5.69 Å². The summed E-state index contributed by atoms with van der Waals surface area (Å²) >= 11 is 3.42. The molecule has 96 valence electrons. The molecule has 1 amide bonds. The summed E-state index contributed by atoms with van der Waals surface area (Å²) in [5.41, 5.74) is 2.09. The molecular formula is C14H10BrFN2O. The Hall–Kier alpha value is -1.88. The third-order valence-electron chi connectivity index (χ3n) is 3.02. The van der Waals surface area contributed by atoms with E-state index >= 15 is 0 Å². The molecule has 1 unspecified atom stereocenters. The fraction of sp³-hybridized carbons (Fsp3) is 0.0714. The van der Waals surface area contributed by atoms with E-state index in [1.807, 2.05) is 24.3 Å². The second-order valence-corrected chi connectivity index (χ2v) is 5.13. The van der Waals surface area contributed by atoms with Crippen LogP contribution in [0.1, 0.15) is 11.6 Å². The Morgan fingerprint density at radius 1 is 1.21 bits per heavy atom. The molecule has 1 aliphatic rings. The number of amides is 1. The average Bonchev–Trinajstić information content (AvgIpc) is 2.68. The van der Waals surface area contributed by atoms with E-state index in [0.717, 1.165) is 15.7 Å². The van der Waals surface area contributed by atoms with Crippen molar-refractivity contribution >= 4 is 33.2 Å². The number of fused-ring (bicyclic) bond motifs is 1. The van der Waals surface area contributed by atoms with Gasteiger partial charge in [-0.15, -0.1) is 0 Å². The van der Waals surface area contributed by atoms with Gasteiger partial charge in [0.25, 0.3) is 5.91 Å². The lowest BCUT2D eigenvalue weighted by atomic mass is 10.1. The molecule has 0 aromatic heterocycles. The van der Waals surface area contributed by atoms with Crippen molar-refractivity contribution in [2.45, 2.75) is 6.04 Å². The van der Waals surface area contributed by atoms with Crippen molar-refractivity contribution in [1.82, 2.24) is 0 Å². The maximum atomic E-state index is 13.1. The first-order chi connectivity index (χ1) is 9.15. The number of carbonyl (C=O) groups excluding carboxylic acids is 1. The Bertz CT molecular complexity index is 660. The number of benzene rings is 2. The summed E-state index contributed by atoms with van der Waals surface area (Å²) in [5.74, 6) is -0.544. The van der Waals surface area contributed by atoms with E-state index in [9.17, 15) is 9.18 Å². The Labute approximate surface area is 118 Å². The monoisotopic (exact) mass is 320 g/mol. The fourth-order valence-electron chi connectivity index (χ4n) is 2.11. The molecule has 3 nitrogen and oxygen atoms in total. The molecule has 5 heteroatoms. The number of nitrogens with one attached hydrogen (secondary N) is 2. The Morgan fingerprint density at radius 3 is 2.79 bits per heavy atom. The van der Waals surface area contributed by atoms with Crippen molar-refractivity contribution in [3.63, 3.8) is 0 Å².